The third-order valence-corrected chi connectivity index (χ3v) is 8.89. The van der Waals surface area contributed by atoms with Gasteiger partial charge in [-0.05, 0) is 22.3 Å². The number of ether oxygens (including phenoxy) is 8. The summed E-state index contributed by atoms with van der Waals surface area (Å²) in [5.74, 6) is -3.46. The Balaban J connectivity index is 1.32. The molecule has 2 aromatic rings. The Kier molecular flexibility index (Phi) is 26.1. The number of hydrogen-bond acceptors (Lipinski definition) is 14. The summed E-state index contributed by atoms with van der Waals surface area (Å²) in [6.07, 6.45) is -0.891. The molecule has 20 heteroatoms. The Labute approximate surface area is 360 Å². The molecule has 2 aromatic carbocycles. The van der Waals surface area contributed by atoms with E-state index < -0.39 is 48.8 Å². The van der Waals surface area contributed by atoms with Crippen LogP contribution in [0.3, 0.4) is 0 Å². The molecule has 4 amide bonds. The lowest BCUT2D eigenvalue weighted by Gasteiger charge is -2.22. The second-order valence-electron chi connectivity index (χ2n) is 13.5. The van der Waals surface area contributed by atoms with E-state index in [1.165, 1.54) is 0 Å². The van der Waals surface area contributed by atoms with Gasteiger partial charge in [0.1, 0.15) is 19.7 Å². The molecule has 0 radical (unpaired) electrons. The van der Waals surface area contributed by atoms with Gasteiger partial charge in [0.15, 0.2) is 0 Å². The van der Waals surface area contributed by atoms with Crippen LogP contribution in [0.4, 0.5) is 4.79 Å². The zero-order valence-corrected chi connectivity index (χ0v) is 35.0. The predicted octanol–water partition coefficient (Wildman–Crippen LogP) is 1.04. The first-order valence-corrected chi connectivity index (χ1v) is 20.5. The molecule has 62 heavy (non-hydrogen) atoms. The van der Waals surface area contributed by atoms with Gasteiger partial charge in [0.2, 0.25) is 17.7 Å². The molecule has 344 valence electrons. The van der Waals surface area contributed by atoms with E-state index in [1.807, 2.05) is 36.4 Å². The van der Waals surface area contributed by atoms with E-state index in [-0.39, 0.29) is 144 Å². The van der Waals surface area contributed by atoms with Gasteiger partial charge in [-0.25, -0.2) is 4.79 Å². The van der Waals surface area contributed by atoms with Crippen LogP contribution in [0, 0.1) is 0 Å². The maximum atomic E-state index is 13.2. The number of carboxylic acid groups (broad SMARTS) is 2. The minimum Gasteiger partial charge on any atom is -0.481 e. The van der Waals surface area contributed by atoms with Crippen molar-refractivity contribution in [2.24, 2.45) is 0 Å². The standard InChI is InChI=1S/C42H60N4O16/c47-37(43-12-18-58-23-27-60-25-21-56-16-10-40(50)51)29-46(30-38(48)44-13-19-59-24-28-61-26-22-57-17-11-41(52)53)39(49)9-15-55-20-14-45-42(54)62-31-36-34-7-3-1-5-32(34)33-6-2-4-8-35(33)36/h1-8,36H,9-31H2,(H,43,47)(H,44,48)(H,45,54)(H,50,51)(H,52,53). The number of hydrogen-bond donors (Lipinski definition) is 5. The van der Waals surface area contributed by atoms with Crippen molar-refractivity contribution in [1.82, 2.24) is 20.9 Å². The second-order valence-corrected chi connectivity index (χ2v) is 13.5. The quantitative estimate of drug-likeness (QED) is 0.0600. The molecule has 0 fully saturated rings. The zero-order valence-electron chi connectivity index (χ0n) is 35.0. The monoisotopic (exact) mass is 876 g/mol. The van der Waals surface area contributed by atoms with E-state index in [1.54, 1.807) is 0 Å². The van der Waals surface area contributed by atoms with Gasteiger partial charge in [0.05, 0.1) is 112 Å². The predicted molar refractivity (Wildman–Crippen MR) is 221 cm³/mol. The number of carboxylic acids is 2. The van der Waals surface area contributed by atoms with E-state index in [2.05, 4.69) is 28.1 Å². The molecule has 1 aliphatic carbocycles. The van der Waals surface area contributed by atoms with Crippen LogP contribution in [0.15, 0.2) is 48.5 Å². The molecule has 0 atom stereocenters. The van der Waals surface area contributed by atoms with Crippen molar-refractivity contribution in [2.45, 2.75) is 25.2 Å². The SMILES string of the molecule is O=C(O)CCOCCOCCOCCNC(=O)CN(CC(=O)NCCOCCOCCOCCC(=O)O)C(=O)CCOCCNC(=O)OCC1c2ccccc2-c2ccccc21. The molecule has 0 heterocycles. The largest absolute Gasteiger partial charge is 0.481 e. The first kappa shape index (κ1) is 51.1. The summed E-state index contributed by atoms with van der Waals surface area (Å²) in [4.78, 5) is 73.2. The summed E-state index contributed by atoms with van der Waals surface area (Å²) in [5.41, 5.74) is 4.46. The lowest BCUT2D eigenvalue weighted by Crippen LogP contribution is -2.46. The zero-order chi connectivity index (χ0) is 44.6. The lowest BCUT2D eigenvalue weighted by molar-refractivity contribution is -0.140. The van der Waals surface area contributed by atoms with Gasteiger partial charge in [-0.1, -0.05) is 48.5 Å². The van der Waals surface area contributed by atoms with Crippen LogP contribution >= 0.6 is 0 Å². The molecular weight excluding hydrogens is 816 g/mol. The first-order valence-electron chi connectivity index (χ1n) is 20.5. The van der Waals surface area contributed by atoms with Gasteiger partial charge in [0, 0.05) is 25.6 Å². The van der Waals surface area contributed by atoms with Gasteiger partial charge in [-0.15, -0.1) is 0 Å². The molecule has 0 saturated carbocycles. The van der Waals surface area contributed by atoms with Crippen LogP contribution in [-0.4, -0.2) is 183 Å². The van der Waals surface area contributed by atoms with Gasteiger partial charge in [-0.3, -0.25) is 24.0 Å². The molecule has 0 bridgehead atoms. The van der Waals surface area contributed by atoms with Crippen LogP contribution in [0.1, 0.15) is 36.3 Å². The average molecular weight is 877 g/mol. The van der Waals surface area contributed by atoms with Crippen molar-refractivity contribution < 1.29 is 76.9 Å². The number of nitrogens with zero attached hydrogens (tertiary/aromatic N) is 1. The van der Waals surface area contributed by atoms with Crippen LogP contribution in [-0.2, 0) is 61.9 Å². The summed E-state index contributed by atoms with van der Waals surface area (Å²) in [5, 5.41) is 25.2. The van der Waals surface area contributed by atoms with E-state index in [0.717, 1.165) is 27.2 Å². The van der Waals surface area contributed by atoms with Gasteiger partial charge in [0.25, 0.3) is 0 Å². The summed E-state index contributed by atoms with van der Waals surface area (Å²) >= 11 is 0. The van der Waals surface area contributed by atoms with E-state index >= 15 is 0 Å². The van der Waals surface area contributed by atoms with Crippen LogP contribution in [0.25, 0.3) is 11.1 Å². The summed E-state index contributed by atoms with van der Waals surface area (Å²) in [6.45, 7) is 2.51. The maximum absolute atomic E-state index is 13.2. The first-order chi connectivity index (χ1) is 30.2. The fourth-order valence-corrected chi connectivity index (χ4v) is 5.91. The summed E-state index contributed by atoms with van der Waals surface area (Å²) in [7, 11) is 0. The number of benzene rings is 2. The van der Waals surface area contributed by atoms with Gasteiger partial charge < -0.3 is 69.0 Å². The van der Waals surface area contributed by atoms with Crippen molar-refractivity contribution in [3.8, 4) is 11.1 Å². The van der Waals surface area contributed by atoms with Crippen molar-refractivity contribution >= 4 is 35.8 Å². The number of nitrogens with one attached hydrogen (secondary N) is 3. The van der Waals surface area contributed by atoms with Crippen LogP contribution in [0.5, 0.6) is 0 Å². The van der Waals surface area contributed by atoms with Crippen molar-refractivity contribution in [2.75, 3.05) is 132 Å². The molecule has 0 aromatic heterocycles. The van der Waals surface area contributed by atoms with Crippen molar-refractivity contribution in [1.29, 1.82) is 0 Å². The smallest absolute Gasteiger partial charge is 0.407 e. The minimum atomic E-state index is -0.938. The van der Waals surface area contributed by atoms with Gasteiger partial charge in [-0.2, -0.15) is 0 Å². The lowest BCUT2D eigenvalue weighted by atomic mass is 9.98. The highest BCUT2D eigenvalue weighted by Gasteiger charge is 2.29. The molecule has 0 saturated heterocycles. The highest BCUT2D eigenvalue weighted by atomic mass is 16.6. The normalized spacial score (nSPS) is 11.7. The second kappa shape index (κ2) is 31.6. The molecule has 3 rings (SSSR count). The number of amides is 4. The summed E-state index contributed by atoms with van der Waals surface area (Å²) in [6, 6.07) is 16.1. The highest BCUT2D eigenvalue weighted by molar-refractivity contribution is 5.89. The Morgan fingerprint density at radius 3 is 1.31 bits per heavy atom. The Hall–Kier alpha value is -5.22. The molecule has 0 aliphatic heterocycles. The topological polar surface area (TPSA) is 256 Å². The van der Waals surface area contributed by atoms with E-state index in [9.17, 15) is 28.8 Å². The Bertz CT molecular complexity index is 1570. The molecule has 1 aliphatic rings. The van der Waals surface area contributed by atoms with E-state index in [0.29, 0.717) is 0 Å². The third-order valence-electron chi connectivity index (χ3n) is 8.89. The van der Waals surface area contributed by atoms with Crippen molar-refractivity contribution in [3.63, 3.8) is 0 Å². The molecule has 5 N–H and O–H groups in total. The Morgan fingerprint density at radius 1 is 0.484 bits per heavy atom. The Morgan fingerprint density at radius 2 is 0.855 bits per heavy atom. The van der Waals surface area contributed by atoms with E-state index in [4.69, 9.17) is 48.1 Å². The number of fused-ring (bicyclic) bond motifs is 3. The average Bonchev–Trinajstić information content (AvgIpc) is 3.57. The third kappa shape index (κ3) is 22.0. The highest BCUT2D eigenvalue weighted by Crippen LogP contribution is 2.44. The number of rotatable bonds is 36. The molecule has 0 spiro atoms. The molecule has 0 unspecified atom stereocenters. The number of carbonyl (C=O) groups excluding carboxylic acids is 4. The minimum absolute atomic E-state index is 0.0281. The fraction of sp³-hybridized carbons (Fsp3) is 0.571. The van der Waals surface area contributed by atoms with Gasteiger partial charge >= 0.3 is 18.0 Å². The number of aliphatic carboxylic acids is 2. The number of alkyl carbamates (subject to hydrolysis) is 1. The molecular formula is C42H60N4O16. The maximum Gasteiger partial charge on any atom is 0.407 e. The van der Waals surface area contributed by atoms with Crippen LogP contribution in [0.2, 0.25) is 0 Å². The van der Waals surface area contributed by atoms with Crippen LogP contribution < -0.4 is 16.0 Å². The molecule has 20 nitrogen and oxygen atoms in total. The fourth-order valence-electron chi connectivity index (χ4n) is 5.91. The van der Waals surface area contributed by atoms with Crippen molar-refractivity contribution in [3.05, 3.63) is 59.7 Å². The number of carbonyl (C=O) groups is 6. The summed E-state index contributed by atoms with van der Waals surface area (Å²) < 4.78 is 42.9.